The first-order chi connectivity index (χ1) is 12.8. The number of hydrogen-bond donors (Lipinski definition) is 3. The zero-order chi connectivity index (χ0) is 19.9. The van der Waals surface area contributed by atoms with Crippen LogP contribution in [0.5, 0.6) is 0 Å². The molecule has 1 amide bonds. The van der Waals surface area contributed by atoms with Gasteiger partial charge in [-0.25, -0.2) is 18.4 Å². The van der Waals surface area contributed by atoms with E-state index in [1.807, 2.05) is 0 Å². The minimum absolute atomic E-state index is 0.0628. The molecule has 2 aromatic rings. The number of ether oxygens (including phenoxy) is 1. The van der Waals surface area contributed by atoms with E-state index in [-0.39, 0.29) is 17.3 Å². The number of rotatable bonds is 8. The summed E-state index contributed by atoms with van der Waals surface area (Å²) in [6.07, 6.45) is 0.621. The van der Waals surface area contributed by atoms with Crippen LogP contribution < -0.4 is 15.8 Å². The minimum Gasteiger partial charge on any atom is -0.465 e. The number of amides is 1. The average molecular weight is 391 g/mol. The summed E-state index contributed by atoms with van der Waals surface area (Å²) in [5, 5.41) is 10.7. The molecule has 9 heteroatoms. The summed E-state index contributed by atoms with van der Waals surface area (Å²) in [4.78, 5) is 23.5. The maximum atomic E-state index is 12.0. The lowest BCUT2D eigenvalue weighted by Gasteiger charge is -2.08. The Labute approximate surface area is 157 Å². The fourth-order valence-corrected chi connectivity index (χ4v) is 2.84. The van der Waals surface area contributed by atoms with Crippen molar-refractivity contribution in [3.8, 4) is 0 Å². The van der Waals surface area contributed by atoms with Crippen LogP contribution in [0, 0.1) is 0 Å². The van der Waals surface area contributed by atoms with E-state index in [4.69, 9.17) is 5.14 Å². The van der Waals surface area contributed by atoms with Crippen LogP contribution in [0.1, 0.15) is 15.9 Å². The molecule has 0 heterocycles. The van der Waals surface area contributed by atoms with Crippen LogP contribution in [0.4, 0.5) is 5.69 Å². The Morgan fingerprint density at radius 1 is 1.11 bits per heavy atom. The van der Waals surface area contributed by atoms with Gasteiger partial charge in [0.15, 0.2) is 0 Å². The van der Waals surface area contributed by atoms with E-state index in [1.165, 1.54) is 25.3 Å². The molecule has 8 nitrogen and oxygen atoms in total. The van der Waals surface area contributed by atoms with E-state index in [9.17, 15) is 18.0 Å². The summed E-state index contributed by atoms with van der Waals surface area (Å²) < 4.78 is 27.0. The van der Waals surface area contributed by atoms with Crippen molar-refractivity contribution in [2.24, 2.45) is 5.14 Å². The third-order valence-electron chi connectivity index (χ3n) is 3.70. The molecule has 0 saturated carbocycles. The first-order valence-electron chi connectivity index (χ1n) is 8.10. The summed E-state index contributed by atoms with van der Waals surface area (Å²) in [7, 11) is -2.40. The Morgan fingerprint density at radius 2 is 1.81 bits per heavy atom. The molecule has 27 heavy (non-hydrogen) atoms. The van der Waals surface area contributed by atoms with Crippen LogP contribution >= 0.6 is 0 Å². The normalized spacial score (nSPS) is 11.0. The first-order valence-corrected chi connectivity index (χ1v) is 9.65. The summed E-state index contributed by atoms with van der Waals surface area (Å²) in [6, 6.07) is 12.7. The molecular weight excluding hydrogens is 370 g/mol. The smallest absolute Gasteiger partial charge is 0.337 e. The zero-order valence-electron chi connectivity index (χ0n) is 14.8. The van der Waals surface area contributed by atoms with Crippen molar-refractivity contribution in [2.75, 3.05) is 25.5 Å². The van der Waals surface area contributed by atoms with Crippen molar-refractivity contribution in [2.45, 2.75) is 11.3 Å². The SMILES string of the molecule is COC(=O)c1cccc(NC(=O)CNCCc2ccc(S(N)(=O)=O)cc2)c1. The highest BCUT2D eigenvalue weighted by Crippen LogP contribution is 2.11. The van der Waals surface area contributed by atoms with Gasteiger partial charge in [0.05, 0.1) is 24.1 Å². The van der Waals surface area contributed by atoms with Crippen LogP contribution in [0.25, 0.3) is 0 Å². The fourth-order valence-electron chi connectivity index (χ4n) is 2.33. The number of nitrogens with one attached hydrogen (secondary N) is 2. The molecule has 0 unspecified atom stereocenters. The molecule has 0 aliphatic heterocycles. The number of benzene rings is 2. The van der Waals surface area contributed by atoms with E-state index < -0.39 is 16.0 Å². The number of hydrogen-bond acceptors (Lipinski definition) is 6. The second kappa shape index (κ2) is 9.26. The van der Waals surface area contributed by atoms with E-state index in [1.54, 1.807) is 30.3 Å². The quantitative estimate of drug-likeness (QED) is 0.453. The van der Waals surface area contributed by atoms with Gasteiger partial charge in [0.1, 0.15) is 0 Å². The maximum absolute atomic E-state index is 12.0. The van der Waals surface area contributed by atoms with Crippen molar-refractivity contribution < 1.29 is 22.7 Å². The fraction of sp³-hybridized carbons (Fsp3) is 0.222. The lowest BCUT2D eigenvalue weighted by atomic mass is 10.1. The predicted molar refractivity (Wildman–Crippen MR) is 101 cm³/mol. The number of esters is 1. The predicted octanol–water partition coefficient (Wildman–Crippen LogP) is 0.891. The molecular formula is C18H21N3O5S. The monoisotopic (exact) mass is 391 g/mol. The molecule has 0 saturated heterocycles. The number of carbonyl (C=O) groups excluding carboxylic acids is 2. The molecule has 0 aliphatic carbocycles. The van der Waals surface area contributed by atoms with Crippen molar-refractivity contribution in [3.63, 3.8) is 0 Å². The Balaban J connectivity index is 1.77. The lowest BCUT2D eigenvalue weighted by molar-refractivity contribution is -0.115. The van der Waals surface area contributed by atoms with E-state index in [2.05, 4.69) is 15.4 Å². The molecule has 2 aromatic carbocycles. The summed E-state index contributed by atoms with van der Waals surface area (Å²) in [5.41, 5.74) is 1.77. The number of primary sulfonamides is 1. The van der Waals surface area contributed by atoms with Crippen LogP contribution in [-0.2, 0) is 26.0 Å². The van der Waals surface area contributed by atoms with E-state index in [0.717, 1.165) is 5.56 Å². The van der Waals surface area contributed by atoms with Gasteiger partial charge in [0, 0.05) is 5.69 Å². The molecule has 0 bridgehead atoms. The zero-order valence-corrected chi connectivity index (χ0v) is 15.6. The summed E-state index contributed by atoms with van der Waals surface area (Å²) in [6.45, 7) is 0.627. The first kappa shape index (κ1) is 20.6. The Hall–Kier alpha value is -2.75. The third-order valence-corrected chi connectivity index (χ3v) is 4.62. The van der Waals surface area contributed by atoms with Crippen LogP contribution in [0.15, 0.2) is 53.4 Å². The average Bonchev–Trinajstić information content (AvgIpc) is 2.64. The molecule has 0 fully saturated rings. The van der Waals surface area contributed by atoms with E-state index in [0.29, 0.717) is 24.2 Å². The van der Waals surface area contributed by atoms with Gasteiger partial charge in [-0.3, -0.25) is 4.79 Å². The largest absolute Gasteiger partial charge is 0.465 e. The van der Waals surface area contributed by atoms with Gasteiger partial charge in [-0.2, -0.15) is 0 Å². The Morgan fingerprint density at radius 3 is 2.44 bits per heavy atom. The van der Waals surface area contributed by atoms with Gasteiger partial charge in [-0.05, 0) is 48.9 Å². The molecule has 2 rings (SSSR count). The number of sulfonamides is 1. The Kier molecular flexibility index (Phi) is 7.05. The summed E-state index contributed by atoms with van der Waals surface area (Å²) >= 11 is 0. The molecule has 0 aromatic heterocycles. The maximum Gasteiger partial charge on any atom is 0.337 e. The molecule has 0 atom stereocenters. The second-order valence-corrected chi connectivity index (χ2v) is 7.30. The molecule has 0 aliphatic rings. The topological polar surface area (TPSA) is 128 Å². The Bertz CT molecular complexity index is 911. The van der Waals surface area contributed by atoms with Crippen LogP contribution in [-0.4, -0.2) is 40.5 Å². The number of methoxy groups -OCH3 is 1. The van der Waals surface area contributed by atoms with E-state index >= 15 is 0 Å². The highest BCUT2D eigenvalue weighted by Gasteiger charge is 2.08. The molecule has 4 N–H and O–H groups in total. The summed E-state index contributed by atoms with van der Waals surface area (Å²) in [5.74, 6) is -0.723. The van der Waals surface area contributed by atoms with Gasteiger partial charge >= 0.3 is 5.97 Å². The molecule has 0 radical (unpaired) electrons. The van der Waals surface area contributed by atoms with Gasteiger partial charge in [0.2, 0.25) is 15.9 Å². The highest BCUT2D eigenvalue weighted by atomic mass is 32.2. The number of carbonyl (C=O) groups is 2. The highest BCUT2D eigenvalue weighted by molar-refractivity contribution is 7.89. The van der Waals surface area contributed by atoms with Gasteiger partial charge in [-0.1, -0.05) is 18.2 Å². The lowest BCUT2D eigenvalue weighted by Crippen LogP contribution is -2.29. The second-order valence-electron chi connectivity index (χ2n) is 5.74. The third kappa shape index (κ3) is 6.48. The minimum atomic E-state index is -3.69. The van der Waals surface area contributed by atoms with Crippen LogP contribution in [0.3, 0.4) is 0 Å². The van der Waals surface area contributed by atoms with Crippen molar-refractivity contribution in [1.29, 1.82) is 0 Å². The van der Waals surface area contributed by atoms with Gasteiger partial charge < -0.3 is 15.4 Å². The van der Waals surface area contributed by atoms with Crippen LogP contribution in [0.2, 0.25) is 0 Å². The van der Waals surface area contributed by atoms with Gasteiger partial charge in [-0.15, -0.1) is 0 Å². The number of anilines is 1. The standard InChI is InChI=1S/C18H21N3O5S/c1-26-18(23)14-3-2-4-15(11-14)21-17(22)12-20-10-9-13-5-7-16(8-6-13)27(19,24)25/h2-8,11,20H,9-10,12H2,1H3,(H,21,22)(H2,19,24,25). The molecule has 0 spiro atoms. The van der Waals surface area contributed by atoms with Crippen molar-refractivity contribution >= 4 is 27.6 Å². The molecule has 144 valence electrons. The van der Waals surface area contributed by atoms with Crippen molar-refractivity contribution in [3.05, 3.63) is 59.7 Å². The number of nitrogens with two attached hydrogens (primary N) is 1. The van der Waals surface area contributed by atoms with Crippen molar-refractivity contribution in [1.82, 2.24) is 5.32 Å². The van der Waals surface area contributed by atoms with Gasteiger partial charge in [0.25, 0.3) is 0 Å².